The third-order valence-electron chi connectivity index (χ3n) is 11.8. The maximum atomic E-state index is 12.7. The quantitative estimate of drug-likeness (QED) is 0.0676. The number of benzene rings is 8. The van der Waals surface area contributed by atoms with Crippen molar-refractivity contribution in [1.29, 1.82) is 0 Å². The van der Waals surface area contributed by atoms with Crippen LogP contribution in [0, 0.1) is 94.4 Å². The van der Waals surface area contributed by atoms with E-state index in [-0.39, 0.29) is 28.8 Å². The van der Waals surface area contributed by atoms with Crippen LogP contribution in [0.3, 0.4) is 0 Å². The Morgan fingerprint density at radius 2 is 1.01 bits per heavy atom. The van der Waals surface area contributed by atoms with Crippen LogP contribution < -0.4 is 14.2 Å². The predicted octanol–water partition coefficient (Wildman–Crippen LogP) is 21.0. The van der Waals surface area contributed by atoms with Gasteiger partial charge in [-0.1, -0.05) is 123 Å². The van der Waals surface area contributed by atoms with E-state index >= 15 is 0 Å². The van der Waals surface area contributed by atoms with Crippen molar-refractivity contribution in [3.63, 3.8) is 0 Å². The molecule has 0 aliphatic heterocycles. The molecule has 0 N–H and O–H groups in total. The zero-order valence-corrected chi connectivity index (χ0v) is 54.2. The Labute approximate surface area is 521 Å². The molecule has 85 heavy (non-hydrogen) atoms. The standard InChI is InChI=1S/C10H14.C9H6F6.C9H11IO2.C9H12.C8H9FO.C7H6FNO2.C7H7I.C7H7NO2/c1-8(2)10-6-4-9(3)5-7-10;1-5-2-3-6(8(10,11)12)4-7(5)9(13,14)15;1-6-4-8(11-2)9(12-3)5-7(6)10;1-3-9-6-4-8(2)5-7-9;1-6-3-4-8(10-2)7(9)5-6;1-5-4-6(8)2-3-7(5)9(10)11;1-6-4-2-3-5-7(6)8;1-6-3-2-4-7(5-6)8(9)10/h4-8H,1-3H3;2-4H,1H3;4-5H,1-3H3;4-7H,3H2,1-2H3;3-5H,1-2H3;2-4H,1H3;2-5H,1H3;2-5H,1H3. The van der Waals surface area contributed by atoms with Gasteiger partial charge in [0.05, 0.1) is 42.3 Å². The molecular formula is C66H72F8I2N2O7. The summed E-state index contributed by atoms with van der Waals surface area (Å²) in [5.74, 6) is 1.77. The molecule has 0 atom stereocenters. The first kappa shape index (κ1) is 75.9. The number of hydrogen-bond donors (Lipinski definition) is 0. The molecule has 0 bridgehead atoms. The smallest absolute Gasteiger partial charge is 0.416 e. The lowest BCUT2D eigenvalue weighted by Gasteiger charge is -2.13. The summed E-state index contributed by atoms with van der Waals surface area (Å²) in [6.07, 6.45) is -8.38. The zero-order valence-electron chi connectivity index (χ0n) is 49.9. The number of nitro groups is 2. The molecule has 0 spiro atoms. The monoisotopic (exact) mass is 1410 g/mol. The number of ether oxygens (including phenoxy) is 3. The van der Waals surface area contributed by atoms with Crippen LogP contribution in [0.5, 0.6) is 17.2 Å². The highest BCUT2D eigenvalue weighted by Gasteiger charge is 2.37. The number of nitrogens with zero attached hydrogens (tertiary/aromatic N) is 2. The lowest BCUT2D eigenvalue weighted by Crippen LogP contribution is -2.12. The summed E-state index contributed by atoms with van der Waals surface area (Å²) in [4.78, 5) is 19.4. The van der Waals surface area contributed by atoms with Gasteiger partial charge >= 0.3 is 12.4 Å². The summed E-state index contributed by atoms with van der Waals surface area (Å²) in [6.45, 7) is 21.3. The van der Waals surface area contributed by atoms with Crippen LogP contribution in [-0.4, -0.2) is 31.2 Å². The van der Waals surface area contributed by atoms with Gasteiger partial charge in [-0.2, -0.15) is 26.3 Å². The first-order chi connectivity index (χ1) is 39.7. The fourth-order valence-corrected chi connectivity index (χ4v) is 7.55. The Kier molecular flexibility index (Phi) is 33.9. The summed E-state index contributed by atoms with van der Waals surface area (Å²) >= 11 is 4.60. The van der Waals surface area contributed by atoms with Crippen LogP contribution in [-0.2, 0) is 18.8 Å². The van der Waals surface area contributed by atoms with Crippen molar-refractivity contribution in [2.24, 2.45) is 0 Å². The molecule has 19 heteroatoms. The topological polar surface area (TPSA) is 114 Å². The van der Waals surface area contributed by atoms with E-state index in [1.807, 2.05) is 45.0 Å². The zero-order chi connectivity index (χ0) is 64.8. The third-order valence-corrected chi connectivity index (χ3v) is 14.1. The largest absolute Gasteiger partial charge is 0.494 e. The van der Waals surface area contributed by atoms with Crippen LogP contribution >= 0.6 is 45.2 Å². The fourth-order valence-electron chi connectivity index (χ4n) is 6.72. The average molecular weight is 1410 g/mol. The fraction of sp³-hybridized carbons (Fsp3) is 0.273. The summed E-state index contributed by atoms with van der Waals surface area (Å²) in [6, 6.07) is 45.9. The minimum atomic E-state index is -4.76. The molecule has 0 heterocycles. The maximum Gasteiger partial charge on any atom is 0.416 e. The average Bonchev–Trinajstić information content (AvgIpc) is 3.06. The molecule has 0 saturated carbocycles. The first-order valence-electron chi connectivity index (χ1n) is 26.1. The second-order valence-electron chi connectivity index (χ2n) is 19.1. The van der Waals surface area contributed by atoms with Crippen molar-refractivity contribution >= 4 is 56.6 Å². The molecule has 0 aromatic heterocycles. The molecule has 8 rings (SSSR count). The van der Waals surface area contributed by atoms with E-state index in [9.17, 15) is 55.4 Å². The van der Waals surface area contributed by atoms with Crippen molar-refractivity contribution in [1.82, 2.24) is 0 Å². The van der Waals surface area contributed by atoms with Crippen molar-refractivity contribution in [2.45, 2.75) is 101 Å². The number of non-ortho nitro benzene ring substituents is 1. The Morgan fingerprint density at radius 3 is 1.44 bits per heavy atom. The maximum absolute atomic E-state index is 12.7. The number of halogens is 10. The molecule has 0 radical (unpaired) electrons. The van der Waals surface area contributed by atoms with E-state index in [0.29, 0.717) is 23.3 Å². The SMILES string of the molecule is CCc1ccc(C)cc1.COc1cc(C)c(I)cc1OC.COc1ccc(C)cc1F.Cc1cc(F)ccc1[N+](=O)[O-].Cc1ccc(C(C)C)cc1.Cc1ccc(C(F)(F)F)cc1C(F)(F)F.Cc1cccc([N+](=O)[O-])c1.Cc1ccccc1I. The van der Waals surface area contributed by atoms with Crippen LogP contribution in [0.1, 0.15) is 93.5 Å². The van der Waals surface area contributed by atoms with Gasteiger partial charge in [0, 0.05) is 30.9 Å². The van der Waals surface area contributed by atoms with Gasteiger partial charge in [-0.25, -0.2) is 8.78 Å². The first-order valence-corrected chi connectivity index (χ1v) is 28.2. The van der Waals surface area contributed by atoms with Crippen molar-refractivity contribution < 1.29 is 59.2 Å². The number of alkyl halides is 6. The van der Waals surface area contributed by atoms with Crippen molar-refractivity contribution in [3.05, 3.63) is 270 Å². The molecule has 8 aromatic rings. The van der Waals surface area contributed by atoms with Gasteiger partial charge in [0.1, 0.15) is 5.82 Å². The van der Waals surface area contributed by atoms with Crippen molar-refractivity contribution in [3.8, 4) is 17.2 Å². The van der Waals surface area contributed by atoms with E-state index in [1.54, 1.807) is 32.4 Å². The van der Waals surface area contributed by atoms with Gasteiger partial charge in [0.2, 0.25) is 0 Å². The second-order valence-corrected chi connectivity index (χ2v) is 21.4. The van der Waals surface area contributed by atoms with E-state index in [4.69, 9.17) is 14.2 Å². The molecule has 0 aliphatic rings. The van der Waals surface area contributed by atoms with Gasteiger partial charge in [0.15, 0.2) is 23.1 Å². The van der Waals surface area contributed by atoms with Gasteiger partial charge in [-0.3, -0.25) is 20.2 Å². The third kappa shape index (κ3) is 29.5. The number of methoxy groups -OCH3 is 3. The number of aryl methyl sites for hydroxylation is 9. The van der Waals surface area contributed by atoms with Crippen LogP contribution in [0.2, 0.25) is 0 Å². The highest BCUT2D eigenvalue weighted by atomic mass is 127. The molecular weight excluding hydrogens is 1340 g/mol. The van der Waals surface area contributed by atoms with Crippen LogP contribution in [0.4, 0.5) is 46.5 Å². The summed E-state index contributed by atoms with van der Waals surface area (Å²) in [7, 11) is 4.74. The van der Waals surface area contributed by atoms with Gasteiger partial charge in [0.25, 0.3) is 11.4 Å². The molecule has 0 aliphatic carbocycles. The number of hydrogen-bond acceptors (Lipinski definition) is 7. The minimum Gasteiger partial charge on any atom is -0.494 e. The van der Waals surface area contributed by atoms with Crippen LogP contribution in [0.15, 0.2) is 164 Å². The molecule has 0 saturated heterocycles. The highest BCUT2D eigenvalue weighted by molar-refractivity contribution is 14.1. The second kappa shape index (κ2) is 38.0. The number of nitro benzene ring substituents is 2. The predicted molar refractivity (Wildman–Crippen MR) is 341 cm³/mol. The minimum absolute atomic E-state index is 0.0496. The molecule has 0 fully saturated rings. The van der Waals surface area contributed by atoms with E-state index in [0.717, 1.165) is 60.2 Å². The number of rotatable bonds is 7. The molecule has 458 valence electrons. The lowest BCUT2D eigenvalue weighted by atomic mass is 10.0. The van der Waals surface area contributed by atoms with Crippen molar-refractivity contribution in [2.75, 3.05) is 21.3 Å². The Hall–Kier alpha value is -7.14. The summed E-state index contributed by atoms with van der Waals surface area (Å²) < 4.78 is 116. The van der Waals surface area contributed by atoms with Gasteiger partial charge < -0.3 is 14.2 Å². The molecule has 0 amide bonds. The molecule has 9 nitrogen and oxygen atoms in total. The summed E-state index contributed by atoms with van der Waals surface area (Å²) in [5.41, 5.74) is 7.56. The van der Waals surface area contributed by atoms with Crippen LogP contribution in [0.25, 0.3) is 0 Å². The van der Waals surface area contributed by atoms with Gasteiger partial charge in [-0.05, 0) is 206 Å². The Balaban J connectivity index is 0.000000489. The van der Waals surface area contributed by atoms with E-state index in [2.05, 4.69) is 160 Å². The van der Waals surface area contributed by atoms with E-state index in [1.165, 1.54) is 66.7 Å². The summed E-state index contributed by atoms with van der Waals surface area (Å²) in [5, 5.41) is 20.4. The lowest BCUT2D eigenvalue weighted by molar-refractivity contribution is -0.385. The normalized spacial score (nSPS) is 10.2. The Morgan fingerprint density at radius 1 is 0.482 bits per heavy atom. The molecule has 0 unspecified atom stereocenters. The Bertz CT molecular complexity index is 3270. The molecule has 8 aromatic carbocycles. The highest BCUT2D eigenvalue weighted by Crippen LogP contribution is 2.37. The van der Waals surface area contributed by atoms with Gasteiger partial charge in [-0.15, -0.1) is 0 Å². The van der Waals surface area contributed by atoms with E-state index < -0.39 is 39.1 Å².